The number of aromatic nitrogens is 4. The summed E-state index contributed by atoms with van der Waals surface area (Å²) in [5.74, 6) is -0.359. The second kappa shape index (κ2) is 6.60. The van der Waals surface area contributed by atoms with E-state index in [2.05, 4.69) is 23.3 Å². The number of aliphatic hydroxyl groups excluding tert-OH is 1. The van der Waals surface area contributed by atoms with Crippen LogP contribution in [0.25, 0.3) is 11.3 Å². The van der Waals surface area contributed by atoms with Gasteiger partial charge in [0, 0.05) is 43.5 Å². The van der Waals surface area contributed by atoms with Crippen molar-refractivity contribution < 1.29 is 9.50 Å². The molecule has 0 saturated heterocycles. The fourth-order valence-electron chi connectivity index (χ4n) is 3.56. The molecule has 3 aromatic rings. The molecule has 0 spiro atoms. The van der Waals surface area contributed by atoms with E-state index in [-0.39, 0.29) is 5.82 Å². The molecule has 1 N–H and O–H groups in total. The van der Waals surface area contributed by atoms with E-state index in [0.29, 0.717) is 17.4 Å². The lowest BCUT2D eigenvalue weighted by Gasteiger charge is -2.12. The maximum Gasteiger partial charge on any atom is 0.123 e. The van der Waals surface area contributed by atoms with Gasteiger partial charge in [0.2, 0.25) is 0 Å². The molecule has 1 atom stereocenters. The molecule has 2 aromatic heterocycles. The van der Waals surface area contributed by atoms with Gasteiger partial charge in [0.1, 0.15) is 5.82 Å². The van der Waals surface area contributed by atoms with Gasteiger partial charge in [-0.2, -0.15) is 10.2 Å². The van der Waals surface area contributed by atoms with Crippen molar-refractivity contribution >= 4 is 0 Å². The summed E-state index contributed by atoms with van der Waals surface area (Å²) in [6.45, 7) is 4.89. The molecule has 1 fully saturated rings. The summed E-state index contributed by atoms with van der Waals surface area (Å²) in [5, 5.41) is 19.2. The zero-order valence-electron chi connectivity index (χ0n) is 16.0. The van der Waals surface area contributed by atoms with Gasteiger partial charge in [0.25, 0.3) is 0 Å². The highest BCUT2D eigenvalue weighted by atomic mass is 19.1. The van der Waals surface area contributed by atoms with Gasteiger partial charge < -0.3 is 5.11 Å². The number of aliphatic hydroxyl groups is 1. The number of halogens is 1. The molecule has 0 bridgehead atoms. The molecular formula is C21H25FN4O. The molecule has 6 heteroatoms. The number of rotatable bonds is 6. The minimum Gasteiger partial charge on any atom is -0.389 e. The first-order valence-electron chi connectivity index (χ1n) is 9.35. The predicted octanol–water partition coefficient (Wildman–Crippen LogP) is 3.87. The van der Waals surface area contributed by atoms with Crippen molar-refractivity contribution in [2.45, 2.75) is 45.8 Å². The molecule has 0 amide bonds. The van der Waals surface area contributed by atoms with Crippen LogP contribution in [0.1, 0.15) is 49.5 Å². The lowest BCUT2D eigenvalue weighted by molar-refractivity contribution is 0.199. The van der Waals surface area contributed by atoms with Crippen molar-refractivity contribution in [2.75, 3.05) is 0 Å². The fraction of sp³-hybridized carbons (Fsp3) is 0.429. The largest absolute Gasteiger partial charge is 0.389 e. The third kappa shape index (κ3) is 3.81. The van der Waals surface area contributed by atoms with Crippen LogP contribution in [0, 0.1) is 11.2 Å². The zero-order valence-corrected chi connectivity index (χ0v) is 16.0. The summed E-state index contributed by atoms with van der Waals surface area (Å²) < 4.78 is 17.5. The highest BCUT2D eigenvalue weighted by Gasteiger charge is 2.37. The van der Waals surface area contributed by atoms with E-state index < -0.39 is 6.10 Å². The van der Waals surface area contributed by atoms with Crippen LogP contribution in [0.4, 0.5) is 4.39 Å². The summed E-state index contributed by atoms with van der Waals surface area (Å²) in [6, 6.07) is 4.49. The first kappa shape index (κ1) is 17.9. The number of aryl methyl sites for hydroxylation is 1. The summed E-state index contributed by atoms with van der Waals surface area (Å²) in [5.41, 5.74) is 4.64. The Hall–Kier alpha value is -2.47. The average molecular weight is 368 g/mol. The lowest BCUT2D eigenvalue weighted by atomic mass is 9.96. The third-order valence-corrected chi connectivity index (χ3v) is 5.35. The molecule has 2 heterocycles. The molecule has 142 valence electrons. The molecule has 5 nitrogen and oxygen atoms in total. The molecule has 1 unspecified atom stereocenters. The Morgan fingerprint density at radius 3 is 2.78 bits per heavy atom. The van der Waals surface area contributed by atoms with E-state index in [1.165, 1.54) is 25.0 Å². The fourth-order valence-corrected chi connectivity index (χ4v) is 3.56. The second-order valence-corrected chi connectivity index (χ2v) is 8.12. The third-order valence-electron chi connectivity index (χ3n) is 5.35. The van der Waals surface area contributed by atoms with Gasteiger partial charge in [0.05, 0.1) is 18.0 Å². The molecule has 4 rings (SSSR count). The van der Waals surface area contributed by atoms with E-state index in [1.807, 2.05) is 24.1 Å². The first-order chi connectivity index (χ1) is 12.8. The standard InChI is InChI=1S/C21H25FN4O/c1-14(27)19-9-17(22)4-5-18(19)20-16(12-25(3)24-20)8-15-10-23-26(11-15)13-21(2)6-7-21/h4-5,9-12,14,27H,6-8,13H2,1-3H3. The van der Waals surface area contributed by atoms with Crippen molar-refractivity contribution in [2.24, 2.45) is 12.5 Å². The van der Waals surface area contributed by atoms with E-state index in [0.717, 1.165) is 28.9 Å². The van der Waals surface area contributed by atoms with Gasteiger partial charge in [-0.15, -0.1) is 0 Å². The van der Waals surface area contributed by atoms with Crippen molar-refractivity contribution in [3.05, 3.63) is 59.3 Å². The molecule has 1 saturated carbocycles. The minimum atomic E-state index is -0.771. The summed E-state index contributed by atoms with van der Waals surface area (Å²) in [7, 11) is 1.87. The minimum absolute atomic E-state index is 0.359. The maximum absolute atomic E-state index is 13.7. The quantitative estimate of drug-likeness (QED) is 0.719. The second-order valence-electron chi connectivity index (χ2n) is 8.12. The van der Waals surface area contributed by atoms with Gasteiger partial charge in [-0.05, 0) is 54.5 Å². The Kier molecular flexibility index (Phi) is 4.38. The van der Waals surface area contributed by atoms with Gasteiger partial charge in [-0.25, -0.2) is 4.39 Å². The Morgan fingerprint density at radius 1 is 1.30 bits per heavy atom. The topological polar surface area (TPSA) is 55.9 Å². The first-order valence-corrected chi connectivity index (χ1v) is 9.35. The molecule has 1 aromatic carbocycles. The number of hydrogen-bond acceptors (Lipinski definition) is 3. The highest BCUT2D eigenvalue weighted by molar-refractivity contribution is 5.67. The Bertz CT molecular complexity index is 968. The maximum atomic E-state index is 13.7. The molecular weight excluding hydrogens is 343 g/mol. The van der Waals surface area contributed by atoms with Gasteiger partial charge in [-0.3, -0.25) is 9.36 Å². The smallest absolute Gasteiger partial charge is 0.123 e. The van der Waals surface area contributed by atoms with Crippen molar-refractivity contribution in [3.63, 3.8) is 0 Å². The molecule has 27 heavy (non-hydrogen) atoms. The number of nitrogens with zero attached hydrogens (tertiary/aromatic N) is 4. The van der Waals surface area contributed by atoms with Crippen LogP contribution < -0.4 is 0 Å². The van der Waals surface area contributed by atoms with Crippen LogP contribution in [-0.4, -0.2) is 24.7 Å². The molecule has 0 aliphatic heterocycles. The van der Waals surface area contributed by atoms with E-state index in [4.69, 9.17) is 0 Å². The number of hydrogen-bond donors (Lipinski definition) is 1. The van der Waals surface area contributed by atoms with Crippen molar-refractivity contribution in [3.8, 4) is 11.3 Å². The monoisotopic (exact) mass is 368 g/mol. The lowest BCUT2D eigenvalue weighted by Crippen LogP contribution is -2.07. The zero-order chi connectivity index (χ0) is 19.2. The van der Waals surface area contributed by atoms with Crippen molar-refractivity contribution in [1.82, 2.24) is 19.6 Å². The van der Waals surface area contributed by atoms with E-state index in [1.54, 1.807) is 17.7 Å². The van der Waals surface area contributed by atoms with Crippen LogP contribution >= 0.6 is 0 Å². The predicted molar refractivity (Wildman–Crippen MR) is 102 cm³/mol. The average Bonchev–Trinajstić information content (AvgIpc) is 3.00. The Balaban J connectivity index is 1.64. The molecule has 0 radical (unpaired) electrons. The van der Waals surface area contributed by atoms with Crippen molar-refractivity contribution in [1.29, 1.82) is 0 Å². The SMILES string of the molecule is CC(O)c1cc(F)ccc1-c1nn(C)cc1Cc1cnn(CC2(C)CC2)c1. The van der Waals surface area contributed by atoms with Gasteiger partial charge in [-0.1, -0.05) is 6.92 Å². The Labute approximate surface area is 158 Å². The van der Waals surface area contributed by atoms with Crippen LogP contribution in [-0.2, 0) is 20.0 Å². The van der Waals surface area contributed by atoms with Crippen LogP contribution in [0.5, 0.6) is 0 Å². The van der Waals surface area contributed by atoms with E-state index in [9.17, 15) is 9.50 Å². The van der Waals surface area contributed by atoms with E-state index >= 15 is 0 Å². The Morgan fingerprint density at radius 2 is 2.07 bits per heavy atom. The van der Waals surface area contributed by atoms with Crippen LogP contribution in [0.15, 0.2) is 36.8 Å². The normalized spacial score (nSPS) is 16.5. The molecule has 1 aliphatic carbocycles. The van der Waals surface area contributed by atoms with Crippen LogP contribution in [0.3, 0.4) is 0 Å². The summed E-state index contributed by atoms with van der Waals surface area (Å²) >= 11 is 0. The highest BCUT2D eigenvalue weighted by Crippen LogP contribution is 2.46. The van der Waals surface area contributed by atoms with Crippen LogP contribution in [0.2, 0.25) is 0 Å². The number of benzene rings is 1. The molecule has 1 aliphatic rings. The summed E-state index contributed by atoms with van der Waals surface area (Å²) in [4.78, 5) is 0. The van der Waals surface area contributed by atoms with Gasteiger partial charge in [0.15, 0.2) is 0 Å². The van der Waals surface area contributed by atoms with Gasteiger partial charge >= 0.3 is 0 Å². The summed E-state index contributed by atoms with van der Waals surface area (Å²) in [6.07, 6.45) is 8.43.